The van der Waals surface area contributed by atoms with Crippen LogP contribution in [0.5, 0.6) is 0 Å². The van der Waals surface area contributed by atoms with Crippen molar-refractivity contribution >= 4 is 11.9 Å². The Morgan fingerprint density at radius 2 is 0.480 bits per heavy atom. The molecule has 0 radical (unpaired) electrons. The average Bonchev–Trinajstić information content (AvgIpc) is 3.11. The van der Waals surface area contributed by atoms with Crippen LogP contribution in [0, 0.1) is 0 Å². The molecule has 50 heavy (non-hydrogen) atoms. The van der Waals surface area contributed by atoms with E-state index < -0.39 is 11.9 Å². The van der Waals surface area contributed by atoms with Gasteiger partial charge >= 0.3 is 11.9 Å². The lowest BCUT2D eigenvalue weighted by atomic mass is 9.96. The molecule has 6 nitrogen and oxygen atoms in total. The number of hydrogen-bond donors (Lipinski definition) is 4. The van der Waals surface area contributed by atoms with Crippen LogP contribution in [0.15, 0.2) is 0 Å². The van der Waals surface area contributed by atoms with Crippen molar-refractivity contribution in [3.63, 3.8) is 0 Å². The number of unbranched alkanes of at least 4 members (excludes halogenated alkanes) is 30. The van der Waals surface area contributed by atoms with Crippen molar-refractivity contribution in [3.05, 3.63) is 0 Å². The van der Waals surface area contributed by atoms with Crippen LogP contribution in [0.4, 0.5) is 0 Å². The molecule has 0 heterocycles. The van der Waals surface area contributed by atoms with Gasteiger partial charge in [0.1, 0.15) is 0 Å². The van der Waals surface area contributed by atoms with Crippen molar-refractivity contribution in [2.75, 3.05) is 0 Å². The average molecular weight is 713 g/mol. The molecule has 2 atom stereocenters. The molecule has 0 amide bonds. The summed E-state index contributed by atoms with van der Waals surface area (Å²) in [6, 6.07) is 0.422. The molecule has 302 valence electrons. The third-order valence-corrected chi connectivity index (χ3v) is 9.94. The van der Waals surface area contributed by atoms with E-state index in [1.54, 1.807) is 13.8 Å². The minimum Gasteiger partial charge on any atom is -0.481 e. The quantitative estimate of drug-likeness (QED) is 0.0475. The van der Waals surface area contributed by atoms with Crippen molar-refractivity contribution in [1.29, 1.82) is 0 Å². The molecular weight excluding hydrogens is 620 g/mol. The van der Waals surface area contributed by atoms with Gasteiger partial charge in [0.25, 0.3) is 0 Å². The standard InChI is InChI=1S/C38H80N2.2C3H6O2/c1-3-5-7-9-11-13-15-17-19-21-23-25-27-29-31-33-35-37(39)38(40)36-34-32-30-28-26-24-22-20-18-16-14-12-10-8-6-4-2;2*1-2-3(4)5/h37-38H,3-36,39-40H2,1-2H3;2*2H2,1H3,(H,4,5). The molecule has 0 aromatic rings. The van der Waals surface area contributed by atoms with Crippen LogP contribution in [0.25, 0.3) is 0 Å². The maximum Gasteiger partial charge on any atom is 0.303 e. The maximum atomic E-state index is 9.37. The van der Waals surface area contributed by atoms with Crippen LogP contribution in [0.1, 0.15) is 259 Å². The van der Waals surface area contributed by atoms with E-state index in [4.69, 9.17) is 21.7 Å². The summed E-state index contributed by atoms with van der Waals surface area (Å²) in [6.07, 6.45) is 48.2. The Labute approximate surface area is 313 Å². The lowest BCUT2D eigenvalue weighted by Crippen LogP contribution is -2.41. The van der Waals surface area contributed by atoms with Crippen LogP contribution < -0.4 is 11.5 Å². The Kier molecular flexibility index (Phi) is 50.9. The fraction of sp³-hybridized carbons (Fsp3) is 0.955. The molecule has 0 rings (SSSR count). The van der Waals surface area contributed by atoms with Gasteiger partial charge in [-0.05, 0) is 12.8 Å². The minimum absolute atomic E-state index is 0.211. The minimum atomic E-state index is -0.745. The second kappa shape index (κ2) is 47.9. The third-order valence-electron chi connectivity index (χ3n) is 9.94. The SMILES string of the molecule is CCC(=O)O.CCC(=O)O.CCCCCCCCCCCCCCCCCCC(N)C(N)CCCCCCCCCCCCCCCCCC. The van der Waals surface area contributed by atoms with Crippen molar-refractivity contribution in [2.45, 2.75) is 271 Å². The first-order valence-corrected chi connectivity index (χ1v) is 22.2. The van der Waals surface area contributed by atoms with Crippen molar-refractivity contribution < 1.29 is 19.8 Å². The van der Waals surface area contributed by atoms with E-state index in [-0.39, 0.29) is 24.9 Å². The number of nitrogens with two attached hydrogens (primary N) is 2. The van der Waals surface area contributed by atoms with Crippen molar-refractivity contribution in [2.24, 2.45) is 11.5 Å². The van der Waals surface area contributed by atoms with Gasteiger partial charge in [0, 0.05) is 24.9 Å². The normalized spacial score (nSPS) is 12.0. The monoisotopic (exact) mass is 713 g/mol. The molecule has 0 fully saturated rings. The summed E-state index contributed by atoms with van der Waals surface area (Å²) in [5.74, 6) is -1.49. The van der Waals surface area contributed by atoms with Gasteiger partial charge in [-0.3, -0.25) is 9.59 Å². The molecule has 0 aromatic heterocycles. The van der Waals surface area contributed by atoms with Crippen LogP contribution in [0.3, 0.4) is 0 Å². The summed E-state index contributed by atoms with van der Waals surface area (Å²) in [5, 5.41) is 15.4. The zero-order valence-corrected chi connectivity index (χ0v) is 34.5. The van der Waals surface area contributed by atoms with Crippen LogP contribution in [0.2, 0.25) is 0 Å². The topological polar surface area (TPSA) is 127 Å². The first kappa shape index (κ1) is 53.2. The molecule has 6 heteroatoms. The summed E-state index contributed by atoms with van der Waals surface area (Å²) in [7, 11) is 0. The van der Waals surface area contributed by atoms with Crippen LogP contribution in [-0.4, -0.2) is 34.2 Å². The van der Waals surface area contributed by atoms with Crippen LogP contribution >= 0.6 is 0 Å². The van der Waals surface area contributed by atoms with E-state index in [2.05, 4.69) is 13.8 Å². The number of carboxylic acids is 2. The van der Waals surface area contributed by atoms with Gasteiger partial charge in [0.15, 0.2) is 0 Å². The zero-order valence-electron chi connectivity index (χ0n) is 34.5. The Balaban J connectivity index is -0.00000192. The number of hydrogen-bond acceptors (Lipinski definition) is 4. The maximum absolute atomic E-state index is 9.37. The molecule has 0 aliphatic heterocycles. The first-order chi connectivity index (χ1) is 24.3. The molecule has 0 spiro atoms. The molecule has 6 N–H and O–H groups in total. The Hall–Kier alpha value is -1.14. The summed E-state index contributed by atoms with van der Waals surface area (Å²) in [4.78, 5) is 18.7. The molecule has 0 aromatic carbocycles. The van der Waals surface area contributed by atoms with Gasteiger partial charge < -0.3 is 21.7 Å². The van der Waals surface area contributed by atoms with Gasteiger partial charge in [-0.15, -0.1) is 0 Å². The molecule has 0 aliphatic rings. The third kappa shape index (κ3) is 53.6. The Morgan fingerprint density at radius 3 is 0.620 bits per heavy atom. The smallest absolute Gasteiger partial charge is 0.303 e. The Bertz CT molecular complexity index is 592. The van der Waals surface area contributed by atoms with Crippen molar-refractivity contribution in [1.82, 2.24) is 0 Å². The number of rotatable bonds is 37. The number of aliphatic carboxylic acids is 2. The van der Waals surface area contributed by atoms with E-state index >= 15 is 0 Å². The van der Waals surface area contributed by atoms with Crippen LogP contribution in [-0.2, 0) is 9.59 Å². The van der Waals surface area contributed by atoms with Gasteiger partial charge in [-0.1, -0.05) is 233 Å². The number of carboxylic acid groups (broad SMARTS) is 2. The van der Waals surface area contributed by atoms with E-state index in [1.165, 1.54) is 205 Å². The zero-order chi connectivity index (χ0) is 37.8. The fourth-order valence-corrected chi connectivity index (χ4v) is 6.28. The van der Waals surface area contributed by atoms with E-state index in [9.17, 15) is 9.59 Å². The summed E-state index contributed by atoms with van der Waals surface area (Å²) >= 11 is 0. The first-order valence-electron chi connectivity index (χ1n) is 22.2. The van der Waals surface area contributed by atoms with Gasteiger partial charge in [0.2, 0.25) is 0 Å². The molecular formula is C44H92N2O4. The number of carbonyl (C=O) groups is 2. The molecule has 0 aliphatic carbocycles. The van der Waals surface area contributed by atoms with Gasteiger partial charge in [-0.2, -0.15) is 0 Å². The van der Waals surface area contributed by atoms with E-state index in [0.717, 1.165) is 12.8 Å². The second-order valence-corrected chi connectivity index (χ2v) is 15.0. The summed E-state index contributed by atoms with van der Waals surface area (Å²) in [5.41, 5.74) is 12.8. The predicted octanol–water partition coefficient (Wildman–Crippen LogP) is 13.9. The highest BCUT2D eigenvalue weighted by Gasteiger charge is 2.12. The molecule has 2 unspecified atom stereocenters. The lowest BCUT2D eigenvalue weighted by molar-refractivity contribution is -0.137. The van der Waals surface area contributed by atoms with Gasteiger partial charge in [-0.25, -0.2) is 0 Å². The lowest BCUT2D eigenvalue weighted by Gasteiger charge is -2.19. The predicted molar refractivity (Wildman–Crippen MR) is 220 cm³/mol. The second-order valence-electron chi connectivity index (χ2n) is 15.0. The highest BCUT2D eigenvalue weighted by Crippen LogP contribution is 2.17. The fourth-order valence-electron chi connectivity index (χ4n) is 6.28. The molecule has 0 saturated carbocycles. The van der Waals surface area contributed by atoms with E-state index in [0.29, 0.717) is 0 Å². The summed E-state index contributed by atoms with van der Waals surface area (Å²) < 4.78 is 0. The highest BCUT2D eigenvalue weighted by atomic mass is 16.4. The van der Waals surface area contributed by atoms with E-state index in [1.807, 2.05) is 0 Å². The summed E-state index contributed by atoms with van der Waals surface area (Å²) in [6.45, 7) is 7.80. The Morgan fingerprint density at radius 1 is 0.340 bits per heavy atom. The van der Waals surface area contributed by atoms with Crippen molar-refractivity contribution in [3.8, 4) is 0 Å². The van der Waals surface area contributed by atoms with Gasteiger partial charge in [0.05, 0.1) is 0 Å². The molecule has 0 bridgehead atoms. The molecule has 0 saturated heterocycles. The largest absolute Gasteiger partial charge is 0.481 e. The highest BCUT2D eigenvalue weighted by molar-refractivity contribution is 5.66.